The van der Waals surface area contributed by atoms with Gasteiger partial charge in [0.15, 0.2) is 0 Å². The minimum absolute atomic E-state index is 0.337. The van der Waals surface area contributed by atoms with Gasteiger partial charge in [-0.25, -0.2) is 0 Å². The number of nitrogens with one attached hydrogen (secondary N) is 2. The van der Waals surface area contributed by atoms with Crippen LogP contribution < -0.4 is 22.1 Å². The SMILES string of the molecule is Cc1ccc(NC(=O)C(C)(C)N)c(NC(=O)C(C)(C)N)c1. The van der Waals surface area contributed by atoms with Crippen LogP contribution in [0.4, 0.5) is 11.4 Å². The maximum Gasteiger partial charge on any atom is 0.243 e. The molecule has 6 N–H and O–H groups in total. The van der Waals surface area contributed by atoms with Crippen LogP contribution >= 0.6 is 0 Å². The molecule has 1 aromatic rings. The number of nitrogens with two attached hydrogens (primary N) is 2. The van der Waals surface area contributed by atoms with Crippen LogP contribution in [0.2, 0.25) is 0 Å². The van der Waals surface area contributed by atoms with Crippen LogP contribution in [-0.4, -0.2) is 22.9 Å². The van der Waals surface area contributed by atoms with Gasteiger partial charge in [0.2, 0.25) is 11.8 Å². The summed E-state index contributed by atoms with van der Waals surface area (Å²) >= 11 is 0. The summed E-state index contributed by atoms with van der Waals surface area (Å²) in [6.07, 6.45) is 0. The third-order valence-electron chi connectivity index (χ3n) is 2.84. The first kappa shape index (κ1) is 17.1. The van der Waals surface area contributed by atoms with E-state index in [1.165, 1.54) is 0 Å². The zero-order chi connectivity index (χ0) is 16.4. The van der Waals surface area contributed by atoms with E-state index in [-0.39, 0.29) is 11.8 Å². The number of hydrogen-bond donors (Lipinski definition) is 4. The van der Waals surface area contributed by atoms with E-state index in [4.69, 9.17) is 11.5 Å². The molecular weight excluding hydrogens is 268 g/mol. The van der Waals surface area contributed by atoms with Gasteiger partial charge in [-0.3, -0.25) is 9.59 Å². The molecule has 6 nitrogen and oxygen atoms in total. The Morgan fingerprint density at radius 3 is 1.76 bits per heavy atom. The Balaban J connectivity index is 3.06. The second-order valence-electron chi connectivity index (χ2n) is 6.40. The molecule has 0 aliphatic carbocycles. The summed E-state index contributed by atoms with van der Waals surface area (Å²) in [4.78, 5) is 24.0. The van der Waals surface area contributed by atoms with E-state index in [2.05, 4.69) is 10.6 Å². The standard InChI is InChI=1S/C15H24N4O2/c1-9-6-7-10(18-12(20)14(2,3)16)11(8-9)19-13(21)15(4,5)17/h6-8H,16-17H2,1-5H3,(H,18,20)(H,19,21). The monoisotopic (exact) mass is 292 g/mol. The van der Waals surface area contributed by atoms with E-state index in [1.807, 2.05) is 13.0 Å². The van der Waals surface area contributed by atoms with Gasteiger partial charge in [0.05, 0.1) is 22.5 Å². The highest BCUT2D eigenvalue weighted by Gasteiger charge is 2.25. The van der Waals surface area contributed by atoms with Gasteiger partial charge < -0.3 is 22.1 Å². The van der Waals surface area contributed by atoms with Crippen molar-refractivity contribution in [1.82, 2.24) is 0 Å². The smallest absolute Gasteiger partial charge is 0.243 e. The maximum absolute atomic E-state index is 12.0. The van der Waals surface area contributed by atoms with Gasteiger partial charge in [0.1, 0.15) is 0 Å². The molecule has 0 fully saturated rings. The lowest BCUT2D eigenvalue weighted by molar-refractivity contribution is -0.120. The summed E-state index contributed by atoms with van der Waals surface area (Å²) in [7, 11) is 0. The number of benzene rings is 1. The highest BCUT2D eigenvalue weighted by atomic mass is 16.2. The predicted octanol–water partition coefficient (Wildman–Crippen LogP) is 1.35. The number of amides is 2. The molecule has 0 heterocycles. The molecule has 0 aliphatic rings. The van der Waals surface area contributed by atoms with Crippen LogP contribution in [0.25, 0.3) is 0 Å². The molecule has 0 radical (unpaired) electrons. The van der Waals surface area contributed by atoms with Crippen molar-refractivity contribution in [3.8, 4) is 0 Å². The van der Waals surface area contributed by atoms with Gasteiger partial charge in [-0.2, -0.15) is 0 Å². The minimum Gasteiger partial charge on any atom is -0.323 e. The summed E-state index contributed by atoms with van der Waals surface area (Å²) in [6, 6.07) is 5.32. The van der Waals surface area contributed by atoms with Crippen LogP contribution in [0.15, 0.2) is 18.2 Å². The van der Waals surface area contributed by atoms with Crippen molar-refractivity contribution in [2.75, 3.05) is 10.6 Å². The summed E-state index contributed by atoms with van der Waals surface area (Å²) < 4.78 is 0. The molecule has 0 atom stereocenters. The van der Waals surface area contributed by atoms with E-state index < -0.39 is 11.1 Å². The van der Waals surface area contributed by atoms with Gasteiger partial charge in [-0.05, 0) is 52.3 Å². The van der Waals surface area contributed by atoms with Crippen molar-refractivity contribution in [2.45, 2.75) is 45.7 Å². The van der Waals surface area contributed by atoms with Crippen molar-refractivity contribution in [3.05, 3.63) is 23.8 Å². The zero-order valence-corrected chi connectivity index (χ0v) is 13.2. The van der Waals surface area contributed by atoms with E-state index in [1.54, 1.807) is 39.8 Å². The van der Waals surface area contributed by atoms with Crippen LogP contribution in [0.3, 0.4) is 0 Å². The average molecular weight is 292 g/mol. The van der Waals surface area contributed by atoms with E-state index in [9.17, 15) is 9.59 Å². The van der Waals surface area contributed by atoms with Crippen molar-refractivity contribution in [2.24, 2.45) is 11.5 Å². The fourth-order valence-corrected chi connectivity index (χ4v) is 1.44. The quantitative estimate of drug-likeness (QED) is 0.671. The summed E-state index contributed by atoms with van der Waals surface area (Å²) in [6.45, 7) is 8.33. The van der Waals surface area contributed by atoms with Gasteiger partial charge in [0, 0.05) is 0 Å². The first-order valence-electron chi connectivity index (χ1n) is 6.72. The van der Waals surface area contributed by atoms with Gasteiger partial charge in [0.25, 0.3) is 0 Å². The lowest BCUT2D eigenvalue weighted by Crippen LogP contribution is -2.46. The Morgan fingerprint density at radius 1 is 0.905 bits per heavy atom. The van der Waals surface area contributed by atoms with Crippen LogP contribution in [0.5, 0.6) is 0 Å². The molecule has 6 heteroatoms. The Bertz CT molecular complexity index is 554. The molecular formula is C15H24N4O2. The van der Waals surface area contributed by atoms with Crippen LogP contribution in [-0.2, 0) is 9.59 Å². The Labute approximate surface area is 125 Å². The Hall–Kier alpha value is -1.92. The molecule has 0 spiro atoms. The van der Waals surface area contributed by atoms with Crippen LogP contribution in [0.1, 0.15) is 33.3 Å². The highest BCUT2D eigenvalue weighted by Crippen LogP contribution is 2.24. The largest absolute Gasteiger partial charge is 0.323 e. The van der Waals surface area contributed by atoms with Gasteiger partial charge in [-0.1, -0.05) is 6.07 Å². The number of anilines is 2. The summed E-state index contributed by atoms with van der Waals surface area (Å²) in [5.74, 6) is -0.676. The Morgan fingerprint density at radius 2 is 1.33 bits per heavy atom. The molecule has 116 valence electrons. The molecule has 21 heavy (non-hydrogen) atoms. The van der Waals surface area contributed by atoms with Crippen molar-refractivity contribution >= 4 is 23.2 Å². The number of hydrogen-bond acceptors (Lipinski definition) is 4. The topological polar surface area (TPSA) is 110 Å². The van der Waals surface area contributed by atoms with E-state index in [0.29, 0.717) is 11.4 Å². The van der Waals surface area contributed by atoms with Gasteiger partial charge >= 0.3 is 0 Å². The first-order chi connectivity index (χ1) is 9.41. The predicted molar refractivity (Wildman–Crippen MR) is 85.0 cm³/mol. The molecule has 1 rings (SSSR count). The summed E-state index contributed by atoms with van der Waals surface area (Å²) in [5.41, 5.74) is 11.4. The fraction of sp³-hybridized carbons (Fsp3) is 0.467. The third-order valence-corrected chi connectivity index (χ3v) is 2.84. The molecule has 0 aromatic heterocycles. The lowest BCUT2D eigenvalue weighted by atomic mass is 10.0. The molecule has 1 aromatic carbocycles. The van der Waals surface area contributed by atoms with E-state index in [0.717, 1.165) is 5.56 Å². The second-order valence-corrected chi connectivity index (χ2v) is 6.40. The zero-order valence-electron chi connectivity index (χ0n) is 13.2. The average Bonchev–Trinajstić information content (AvgIpc) is 2.29. The maximum atomic E-state index is 12.0. The Kier molecular flexibility index (Phi) is 4.76. The normalized spacial score (nSPS) is 12.0. The number of carbonyl (C=O) groups is 2. The highest BCUT2D eigenvalue weighted by molar-refractivity contribution is 6.04. The molecule has 0 bridgehead atoms. The first-order valence-corrected chi connectivity index (χ1v) is 6.72. The van der Waals surface area contributed by atoms with E-state index >= 15 is 0 Å². The number of rotatable bonds is 4. The summed E-state index contributed by atoms with van der Waals surface area (Å²) in [5, 5.41) is 5.44. The lowest BCUT2D eigenvalue weighted by Gasteiger charge is -2.22. The molecule has 0 aliphatic heterocycles. The van der Waals surface area contributed by atoms with Crippen LogP contribution in [0, 0.1) is 6.92 Å². The van der Waals surface area contributed by atoms with Crippen molar-refractivity contribution in [3.63, 3.8) is 0 Å². The minimum atomic E-state index is -1.02. The fourth-order valence-electron chi connectivity index (χ4n) is 1.44. The number of aryl methyl sites for hydroxylation is 1. The third kappa shape index (κ3) is 4.84. The molecule has 0 saturated carbocycles. The van der Waals surface area contributed by atoms with Gasteiger partial charge in [-0.15, -0.1) is 0 Å². The van der Waals surface area contributed by atoms with Crippen molar-refractivity contribution < 1.29 is 9.59 Å². The van der Waals surface area contributed by atoms with Crippen molar-refractivity contribution in [1.29, 1.82) is 0 Å². The second kappa shape index (κ2) is 5.83. The molecule has 0 saturated heterocycles. The molecule has 2 amide bonds. The molecule has 0 unspecified atom stereocenters. The number of carbonyl (C=O) groups excluding carboxylic acids is 2.